The maximum Gasteiger partial charge on any atom is 0.344 e. The van der Waals surface area contributed by atoms with Crippen LogP contribution in [-0.4, -0.2) is 9.66 Å². The van der Waals surface area contributed by atoms with Gasteiger partial charge >= 0.3 is 5.69 Å². The number of H-pyrrole nitrogens is 1. The van der Waals surface area contributed by atoms with Gasteiger partial charge in [-0.3, -0.25) is 0 Å². The van der Waals surface area contributed by atoms with Crippen molar-refractivity contribution in [1.82, 2.24) is 9.66 Å². The predicted octanol–water partition coefficient (Wildman–Crippen LogP) is -0.381. The molecule has 0 aromatic carbocycles. The van der Waals surface area contributed by atoms with Crippen LogP contribution in [0.4, 0.5) is 0 Å². The lowest BCUT2D eigenvalue weighted by atomic mass is 10.3. The number of allylic oxidation sites excluding steroid dienone is 1. The summed E-state index contributed by atoms with van der Waals surface area (Å²) >= 11 is 0. The molecule has 0 radical (unpaired) electrons. The van der Waals surface area contributed by atoms with E-state index in [2.05, 4.69) is 11.6 Å². The monoisotopic (exact) mass is 139 g/mol. The molecule has 0 bridgehead atoms. The first kappa shape index (κ1) is 6.67. The maximum atomic E-state index is 10.7. The minimum atomic E-state index is -0.295. The molecule has 0 aliphatic heterocycles. The number of aromatic nitrogens is 2. The van der Waals surface area contributed by atoms with Gasteiger partial charge in [-0.15, -0.1) is 6.58 Å². The molecule has 4 heteroatoms. The van der Waals surface area contributed by atoms with Crippen LogP contribution >= 0.6 is 0 Å². The van der Waals surface area contributed by atoms with Crippen molar-refractivity contribution in [3.05, 3.63) is 35.0 Å². The Bertz CT molecular complexity index is 283. The Hall–Kier alpha value is -1.45. The fourth-order valence-electron chi connectivity index (χ4n) is 0.720. The van der Waals surface area contributed by atoms with Crippen LogP contribution in [0.2, 0.25) is 0 Å². The van der Waals surface area contributed by atoms with Gasteiger partial charge in [0.1, 0.15) is 0 Å². The standard InChI is InChI=1S/C6H9N3O/c1-2-3-5-4-9(7)6(10)8-5/h2,4H,1,3,7H2,(H,8,10). The molecule has 1 heterocycles. The van der Waals surface area contributed by atoms with Crippen LogP contribution in [0, 0.1) is 0 Å². The lowest BCUT2D eigenvalue weighted by Gasteiger charge is -1.83. The first-order valence-corrected chi connectivity index (χ1v) is 2.90. The molecule has 0 saturated heterocycles. The Kier molecular flexibility index (Phi) is 1.62. The van der Waals surface area contributed by atoms with Crippen LogP contribution < -0.4 is 11.5 Å². The highest BCUT2D eigenvalue weighted by molar-refractivity contribution is 5.01. The smallest absolute Gasteiger partial charge is 0.335 e. The minimum absolute atomic E-state index is 0.295. The lowest BCUT2D eigenvalue weighted by Crippen LogP contribution is -2.23. The lowest BCUT2D eigenvalue weighted by molar-refractivity contribution is 0.936. The van der Waals surface area contributed by atoms with Gasteiger partial charge in [0.05, 0.1) is 6.20 Å². The van der Waals surface area contributed by atoms with E-state index in [1.807, 2.05) is 0 Å². The summed E-state index contributed by atoms with van der Waals surface area (Å²) in [6.07, 6.45) is 3.88. The summed E-state index contributed by atoms with van der Waals surface area (Å²) < 4.78 is 1.01. The fraction of sp³-hybridized carbons (Fsp3) is 0.167. The summed E-state index contributed by atoms with van der Waals surface area (Å²) in [6, 6.07) is 0. The summed E-state index contributed by atoms with van der Waals surface area (Å²) in [7, 11) is 0. The Balaban J connectivity index is 2.98. The van der Waals surface area contributed by atoms with Gasteiger partial charge in [-0.25, -0.2) is 9.47 Å². The topological polar surface area (TPSA) is 63.8 Å². The Morgan fingerprint density at radius 2 is 2.60 bits per heavy atom. The molecule has 0 saturated carbocycles. The number of nitrogen functional groups attached to an aromatic ring is 1. The van der Waals surface area contributed by atoms with Crippen molar-refractivity contribution < 1.29 is 0 Å². The van der Waals surface area contributed by atoms with E-state index >= 15 is 0 Å². The summed E-state index contributed by atoms with van der Waals surface area (Å²) in [4.78, 5) is 13.2. The molecule has 0 unspecified atom stereocenters. The maximum absolute atomic E-state index is 10.7. The summed E-state index contributed by atoms with van der Waals surface area (Å²) in [5, 5.41) is 0. The van der Waals surface area contributed by atoms with E-state index < -0.39 is 0 Å². The number of nitrogens with two attached hydrogens (primary N) is 1. The zero-order chi connectivity index (χ0) is 7.56. The first-order valence-electron chi connectivity index (χ1n) is 2.90. The number of nitrogens with one attached hydrogen (secondary N) is 1. The van der Waals surface area contributed by atoms with Crippen LogP contribution in [-0.2, 0) is 6.42 Å². The van der Waals surface area contributed by atoms with Crippen molar-refractivity contribution in [2.24, 2.45) is 0 Å². The van der Waals surface area contributed by atoms with Crippen molar-refractivity contribution in [3.63, 3.8) is 0 Å². The molecule has 3 N–H and O–H groups in total. The second kappa shape index (κ2) is 2.43. The second-order valence-electron chi connectivity index (χ2n) is 1.98. The summed E-state index contributed by atoms with van der Waals surface area (Å²) in [5.41, 5.74) is 0.486. The molecule has 10 heavy (non-hydrogen) atoms. The molecule has 54 valence electrons. The van der Waals surface area contributed by atoms with Gasteiger partial charge < -0.3 is 10.8 Å². The van der Waals surface area contributed by atoms with E-state index in [0.29, 0.717) is 6.42 Å². The van der Waals surface area contributed by atoms with E-state index in [9.17, 15) is 4.79 Å². The summed E-state index contributed by atoms with van der Waals surface area (Å²) in [5.74, 6) is 5.21. The SMILES string of the molecule is C=CCc1cn(N)c(=O)[nH]1. The highest BCUT2D eigenvalue weighted by atomic mass is 16.1. The molecule has 1 rings (SSSR count). The largest absolute Gasteiger partial charge is 0.344 e. The fourth-order valence-corrected chi connectivity index (χ4v) is 0.720. The van der Waals surface area contributed by atoms with Gasteiger partial charge in [-0.05, 0) is 0 Å². The molecule has 0 aliphatic rings. The van der Waals surface area contributed by atoms with Crippen molar-refractivity contribution in [2.45, 2.75) is 6.42 Å². The predicted molar refractivity (Wildman–Crippen MR) is 39.1 cm³/mol. The van der Waals surface area contributed by atoms with Crippen LogP contribution in [0.3, 0.4) is 0 Å². The van der Waals surface area contributed by atoms with Gasteiger partial charge in [0.2, 0.25) is 0 Å². The number of rotatable bonds is 2. The van der Waals surface area contributed by atoms with Gasteiger partial charge in [-0.2, -0.15) is 0 Å². The third-order valence-corrected chi connectivity index (χ3v) is 1.16. The van der Waals surface area contributed by atoms with Crippen LogP contribution in [0.25, 0.3) is 0 Å². The molecule has 4 nitrogen and oxygen atoms in total. The third kappa shape index (κ3) is 1.10. The van der Waals surface area contributed by atoms with Gasteiger partial charge in [0.15, 0.2) is 0 Å². The molecule has 0 aliphatic carbocycles. The molecular weight excluding hydrogens is 130 g/mol. The van der Waals surface area contributed by atoms with Crippen molar-refractivity contribution >= 4 is 0 Å². The highest BCUT2D eigenvalue weighted by Gasteiger charge is 1.95. The molecular formula is C6H9N3O. The van der Waals surface area contributed by atoms with E-state index in [1.54, 1.807) is 12.3 Å². The Labute approximate surface area is 57.9 Å². The second-order valence-corrected chi connectivity index (χ2v) is 1.98. The summed E-state index contributed by atoms with van der Waals surface area (Å²) in [6.45, 7) is 3.52. The highest BCUT2D eigenvalue weighted by Crippen LogP contribution is 1.89. The number of hydrogen-bond acceptors (Lipinski definition) is 2. The van der Waals surface area contributed by atoms with Crippen LogP contribution in [0.1, 0.15) is 5.69 Å². The van der Waals surface area contributed by atoms with Crippen LogP contribution in [0.5, 0.6) is 0 Å². The molecule has 1 aromatic rings. The molecule has 0 atom stereocenters. The molecule has 0 amide bonds. The third-order valence-electron chi connectivity index (χ3n) is 1.16. The number of aromatic amines is 1. The Morgan fingerprint density at radius 3 is 3.00 bits per heavy atom. The molecule has 0 spiro atoms. The van der Waals surface area contributed by atoms with E-state index in [-0.39, 0.29) is 5.69 Å². The normalized spacial score (nSPS) is 9.60. The number of hydrogen-bond donors (Lipinski definition) is 2. The number of imidazole rings is 1. The van der Waals surface area contributed by atoms with Crippen molar-refractivity contribution in [3.8, 4) is 0 Å². The molecule has 0 fully saturated rings. The first-order chi connectivity index (χ1) is 4.74. The Morgan fingerprint density at radius 1 is 1.90 bits per heavy atom. The average Bonchev–Trinajstić information content (AvgIpc) is 2.14. The van der Waals surface area contributed by atoms with Crippen molar-refractivity contribution in [2.75, 3.05) is 5.84 Å². The van der Waals surface area contributed by atoms with E-state index in [0.717, 1.165) is 10.4 Å². The van der Waals surface area contributed by atoms with Crippen molar-refractivity contribution in [1.29, 1.82) is 0 Å². The zero-order valence-corrected chi connectivity index (χ0v) is 5.50. The zero-order valence-electron chi connectivity index (χ0n) is 5.50. The van der Waals surface area contributed by atoms with Gasteiger partial charge in [0, 0.05) is 12.1 Å². The molecule has 1 aromatic heterocycles. The quantitative estimate of drug-likeness (QED) is 0.433. The van der Waals surface area contributed by atoms with Gasteiger partial charge in [-0.1, -0.05) is 6.08 Å². The number of nitrogens with zero attached hydrogens (tertiary/aromatic N) is 1. The van der Waals surface area contributed by atoms with Crippen LogP contribution in [0.15, 0.2) is 23.6 Å². The average molecular weight is 139 g/mol. The van der Waals surface area contributed by atoms with Gasteiger partial charge in [0.25, 0.3) is 0 Å². The van der Waals surface area contributed by atoms with E-state index in [4.69, 9.17) is 5.84 Å². The minimum Gasteiger partial charge on any atom is -0.335 e. The van der Waals surface area contributed by atoms with E-state index in [1.165, 1.54) is 0 Å².